The quantitative estimate of drug-likeness (QED) is 0.543. The van der Waals surface area contributed by atoms with Crippen LogP contribution in [0.4, 0.5) is 4.39 Å². The van der Waals surface area contributed by atoms with Gasteiger partial charge in [-0.15, -0.1) is 0 Å². The van der Waals surface area contributed by atoms with E-state index in [9.17, 15) is 9.50 Å². The fourth-order valence-corrected chi connectivity index (χ4v) is 3.13. The molecule has 1 heterocycles. The van der Waals surface area contributed by atoms with Crippen molar-refractivity contribution in [1.29, 1.82) is 0 Å². The maximum absolute atomic E-state index is 13.8. The van der Waals surface area contributed by atoms with Crippen molar-refractivity contribution in [3.05, 3.63) is 35.6 Å². The lowest BCUT2D eigenvalue weighted by Crippen LogP contribution is -2.47. The number of aliphatic hydroxyl groups is 1. The van der Waals surface area contributed by atoms with Gasteiger partial charge in [0.05, 0.1) is 6.54 Å². The molecule has 1 saturated heterocycles. The Balaban J connectivity index is 2.00. The van der Waals surface area contributed by atoms with Crippen LogP contribution < -0.4 is 10.6 Å². The van der Waals surface area contributed by atoms with Crippen LogP contribution in [0.15, 0.2) is 29.3 Å². The second-order valence-electron chi connectivity index (χ2n) is 7.03. The molecule has 6 heteroatoms. The Bertz CT molecular complexity index is 578. The number of guanidine groups is 1. The smallest absolute Gasteiger partial charge is 0.191 e. The van der Waals surface area contributed by atoms with E-state index in [1.807, 2.05) is 6.92 Å². The molecule has 1 aromatic carbocycles. The minimum Gasteiger partial charge on any atom is -0.386 e. The Hall–Kier alpha value is -1.66. The third-order valence-corrected chi connectivity index (χ3v) is 4.72. The number of aliphatic imine (C=N–C) groups is 1. The summed E-state index contributed by atoms with van der Waals surface area (Å²) < 4.78 is 13.8. The average molecular weight is 350 g/mol. The zero-order valence-electron chi connectivity index (χ0n) is 15.7. The van der Waals surface area contributed by atoms with E-state index in [1.165, 1.54) is 6.07 Å². The number of hydrogen-bond donors (Lipinski definition) is 3. The monoisotopic (exact) mass is 350 g/mol. The summed E-state index contributed by atoms with van der Waals surface area (Å²) in [6, 6.07) is 7.11. The van der Waals surface area contributed by atoms with E-state index < -0.39 is 11.9 Å². The van der Waals surface area contributed by atoms with Crippen LogP contribution in [-0.4, -0.2) is 54.2 Å². The molecule has 0 spiro atoms. The van der Waals surface area contributed by atoms with Crippen LogP contribution in [0.3, 0.4) is 0 Å². The van der Waals surface area contributed by atoms with Gasteiger partial charge in [-0.25, -0.2) is 4.39 Å². The molecule has 140 valence electrons. The molecule has 3 atom stereocenters. The molecule has 1 aliphatic heterocycles. The molecular formula is C19H31FN4O. The summed E-state index contributed by atoms with van der Waals surface area (Å²) in [6.45, 7) is 11.5. The maximum Gasteiger partial charge on any atom is 0.191 e. The minimum absolute atomic E-state index is 0.116. The number of benzene rings is 1. The van der Waals surface area contributed by atoms with Gasteiger partial charge in [0, 0.05) is 37.3 Å². The van der Waals surface area contributed by atoms with E-state index in [1.54, 1.807) is 18.2 Å². The molecule has 3 N–H and O–H groups in total. The summed E-state index contributed by atoms with van der Waals surface area (Å²) in [6.07, 6.45) is -0.954. The zero-order chi connectivity index (χ0) is 18.4. The van der Waals surface area contributed by atoms with Gasteiger partial charge in [-0.05, 0) is 32.8 Å². The Morgan fingerprint density at radius 1 is 1.36 bits per heavy atom. The van der Waals surface area contributed by atoms with Crippen LogP contribution in [0.5, 0.6) is 0 Å². The van der Waals surface area contributed by atoms with Crippen molar-refractivity contribution in [2.24, 2.45) is 10.9 Å². The van der Waals surface area contributed by atoms with Crippen molar-refractivity contribution >= 4 is 5.96 Å². The standard InChI is InChI=1S/C19H31FN4O/c1-5-21-19(23-17-12-24(13(2)3)11-14(17)4)22-10-18(25)15-8-6-7-9-16(15)20/h6-9,13-14,17-18,25H,5,10-12H2,1-4H3,(H2,21,22,23). The molecule has 0 aliphatic carbocycles. The molecule has 0 radical (unpaired) electrons. The van der Waals surface area contributed by atoms with Crippen LogP contribution in [-0.2, 0) is 0 Å². The predicted molar refractivity (Wildman–Crippen MR) is 100 cm³/mol. The summed E-state index contributed by atoms with van der Waals surface area (Å²) in [5.41, 5.74) is 0.280. The van der Waals surface area contributed by atoms with Crippen LogP contribution in [0.25, 0.3) is 0 Å². The normalized spacial score (nSPS) is 23.1. The van der Waals surface area contributed by atoms with Crippen LogP contribution in [0.2, 0.25) is 0 Å². The van der Waals surface area contributed by atoms with E-state index in [-0.39, 0.29) is 12.1 Å². The molecule has 0 aromatic heterocycles. The first-order valence-corrected chi connectivity index (χ1v) is 9.13. The third kappa shape index (κ3) is 5.41. The topological polar surface area (TPSA) is 59.9 Å². The van der Waals surface area contributed by atoms with Gasteiger partial charge in [-0.2, -0.15) is 0 Å². The lowest BCUT2D eigenvalue weighted by Gasteiger charge is -2.22. The van der Waals surface area contributed by atoms with Gasteiger partial charge >= 0.3 is 0 Å². The second-order valence-corrected chi connectivity index (χ2v) is 7.03. The maximum atomic E-state index is 13.8. The number of nitrogens with one attached hydrogen (secondary N) is 2. The van der Waals surface area contributed by atoms with Gasteiger partial charge < -0.3 is 15.7 Å². The van der Waals surface area contributed by atoms with Gasteiger partial charge in [-0.3, -0.25) is 9.89 Å². The van der Waals surface area contributed by atoms with Gasteiger partial charge in [0.2, 0.25) is 0 Å². The molecule has 25 heavy (non-hydrogen) atoms. The van der Waals surface area contributed by atoms with Crippen LogP contribution in [0, 0.1) is 11.7 Å². The third-order valence-electron chi connectivity index (χ3n) is 4.72. The summed E-state index contributed by atoms with van der Waals surface area (Å²) in [5.74, 6) is 0.781. The van der Waals surface area contributed by atoms with Gasteiger partial charge in [0.1, 0.15) is 11.9 Å². The summed E-state index contributed by atoms with van der Waals surface area (Å²) in [4.78, 5) is 6.90. The molecule has 3 unspecified atom stereocenters. The Kier molecular flexibility index (Phi) is 7.20. The molecule has 2 rings (SSSR count). The first-order valence-electron chi connectivity index (χ1n) is 9.13. The van der Waals surface area contributed by atoms with E-state index in [0.29, 0.717) is 24.0 Å². The Labute approximate surface area is 150 Å². The average Bonchev–Trinajstić information content (AvgIpc) is 2.94. The number of hydrogen-bond acceptors (Lipinski definition) is 3. The summed E-state index contributed by atoms with van der Waals surface area (Å²) in [5, 5.41) is 16.9. The van der Waals surface area contributed by atoms with Crippen molar-refractivity contribution in [2.75, 3.05) is 26.2 Å². The number of nitrogens with zero attached hydrogens (tertiary/aromatic N) is 2. The highest BCUT2D eigenvalue weighted by atomic mass is 19.1. The van der Waals surface area contributed by atoms with Crippen molar-refractivity contribution in [2.45, 2.75) is 45.9 Å². The highest BCUT2D eigenvalue weighted by molar-refractivity contribution is 5.80. The van der Waals surface area contributed by atoms with Gasteiger partial charge in [0.25, 0.3) is 0 Å². The zero-order valence-corrected chi connectivity index (χ0v) is 15.7. The van der Waals surface area contributed by atoms with Crippen LogP contribution in [0.1, 0.15) is 39.4 Å². The Morgan fingerprint density at radius 3 is 2.68 bits per heavy atom. The predicted octanol–water partition coefficient (Wildman–Crippen LogP) is 2.14. The molecule has 5 nitrogen and oxygen atoms in total. The fourth-order valence-electron chi connectivity index (χ4n) is 3.13. The van der Waals surface area contributed by atoms with Crippen molar-refractivity contribution in [3.63, 3.8) is 0 Å². The van der Waals surface area contributed by atoms with E-state index in [2.05, 4.69) is 41.3 Å². The van der Waals surface area contributed by atoms with Gasteiger partial charge in [0.15, 0.2) is 5.96 Å². The van der Waals surface area contributed by atoms with Crippen molar-refractivity contribution in [1.82, 2.24) is 15.5 Å². The summed E-state index contributed by atoms with van der Waals surface area (Å²) in [7, 11) is 0. The molecule has 0 saturated carbocycles. The van der Waals surface area contributed by atoms with Crippen molar-refractivity contribution in [3.8, 4) is 0 Å². The van der Waals surface area contributed by atoms with E-state index in [0.717, 1.165) is 19.6 Å². The summed E-state index contributed by atoms with van der Waals surface area (Å²) >= 11 is 0. The SMILES string of the molecule is CCNC(=NCC(O)c1ccccc1F)NC1CN(C(C)C)CC1C. The molecule has 0 bridgehead atoms. The first-order chi connectivity index (χ1) is 11.9. The van der Waals surface area contributed by atoms with Crippen molar-refractivity contribution < 1.29 is 9.50 Å². The highest BCUT2D eigenvalue weighted by Gasteiger charge is 2.31. The molecule has 1 aromatic rings. The lowest BCUT2D eigenvalue weighted by atomic mass is 10.1. The highest BCUT2D eigenvalue weighted by Crippen LogP contribution is 2.19. The number of likely N-dealkylation sites (tertiary alicyclic amines) is 1. The number of aliphatic hydroxyl groups excluding tert-OH is 1. The number of halogens is 1. The lowest BCUT2D eigenvalue weighted by molar-refractivity contribution is 0.182. The van der Waals surface area contributed by atoms with E-state index >= 15 is 0 Å². The fraction of sp³-hybridized carbons (Fsp3) is 0.632. The molecular weight excluding hydrogens is 319 g/mol. The van der Waals surface area contributed by atoms with E-state index in [4.69, 9.17) is 0 Å². The number of rotatable bonds is 6. The molecule has 1 fully saturated rings. The Morgan fingerprint density at radius 2 is 2.08 bits per heavy atom. The minimum atomic E-state index is -0.954. The molecule has 1 aliphatic rings. The largest absolute Gasteiger partial charge is 0.386 e. The van der Waals surface area contributed by atoms with Crippen LogP contribution >= 0.6 is 0 Å². The molecule has 0 amide bonds. The first kappa shape index (κ1) is 19.7. The van der Waals surface area contributed by atoms with Gasteiger partial charge in [-0.1, -0.05) is 25.1 Å². The second kappa shape index (κ2) is 9.15.